The zero-order valence-electron chi connectivity index (χ0n) is 7.73. The van der Waals surface area contributed by atoms with Crippen molar-refractivity contribution in [3.05, 3.63) is 18.1 Å². The Bertz CT molecular complexity index is 348. The average molecular weight is 192 g/mol. The van der Waals surface area contributed by atoms with Crippen LogP contribution >= 0.6 is 0 Å². The molecule has 0 atom stereocenters. The van der Waals surface area contributed by atoms with E-state index in [4.69, 9.17) is 5.73 Å². The van der Waals surface area contributed by atoms with Gasteiger partial charge in [0.1, 0.15) is 5.82 Å². The van der Waals surface area contributed by atoms with Crippen LogP contribution < -0.4 is 11.1 Å². The summed E-state index contributed by atoms with van der Waals surface area (Å²) in [5.74, 6) is 0.867. The van der Waals surface area contributed by atoms with Gasteiger partial charge in [-0.3, -0.25) is 4.79 Å². The molecule has 2 rings (SSSR count). The van der Waals surface area contributed by atoms with Crippen LogP contribution in [0.4, 0.5) is 5.82 Å². The molecule has 0 saturated heterocycles. The number of nitrogen functional groups attached to an aromatic ring is 1. The number of carbonyl (C=O) groups excluding carboxylic acids is 1. The Hall–Kier alpha value is -1.65. The van der Waals surface area contributed by atoms with Crippen LogP contribution in [-0.2, 0) is 0 Å². The highest BCUT2D eigenvalue weighted by atomic mass is 16.2. The van der Waals surface area contributed by atoms with Crippen molar-refractivity contribution in [2.45, 2.75) is 12.8 Å². The van der Waals surface area contributed by atoms with Crippen molar-refractivity contribution >= 4 is 11.7 Å². The molecular weight excluding hydrogens is 180 g/mol. The summed E-state index contributed by atoms with van der Waals surface area (Å²) in [6.07, 6.45) is 3.89. The topological polar surface area (TPSA) is 80.9 Å². The fourth-order valence-corrected chi connectivity index (χ4v) is 1.12. The molecule has 74 valence electrons. The van der Waals surface area contributed by atoms with Gasteiger partial charge in [-0.2, -0.15) is 0 Å². The van der Waals surface area contributed by atoms with Crippen molar-refractivity contribution in [2.75, 3.05) is 12.3 Å². The number of amides is 1. The number of nitrogens with one attached hydrogen (secondary N) is 1. The predicted octanol–water partition coefficient (Wildman–Crippen LogP) is 0.199. The molecule has 0 aliphatic heterocycles. The summed E-state index contributed by atoms with van der Waals surface area (Å²) in [6.45, 7) is 0.719. The van der Waals surface area contributed by atoms with Crippen molar-refractivity contribution in [3.63, 3.8) is 0 Å². The van der Waals surface area contributed by atoms with Gasteiger partial charge in [0.25, 0.3) is 5.91 Å². The maximum absolute atomic E-state index is 11.4. The van der Waals surface area contributed by atoms with Gasteiger partial charge in [0.15, 0.2) is 0 Å². The van der Waals surface area contributed by atoms with E-state index < -0.39 is 0 Å². The minimum atomic E-state index is -0.246. The molecule has 14 heavy (non-hydrogen) atoms. The lowest BCUT2D eigenvalue weighted by Gasteiger charge is -2.02. The summed E-state index contributed by atoms with van der Waals surface area (Å²) >= 11 is 0. The SMILES string of the molecule is Nc1ccnc(C(=O)NCC2CC2)n1. The van der Waals surface area contributed by atoms with Crippen LogP contribution in [0.3, 0.4) is 0 Å². The first-order chi connectivity index (χ1) is 6.75. The number of nitrogens with two attached hydrogens (primary N) is 1. The second-order valence-corrected chi connectivity index (χ2v) is 3.46. The van der Waals surface area contributed by atoms with Gasteiger partial charge in [0.2, 0.25) is 5.82 Å². The smallest absolute Gasteiger partial charge is 0.289 e. The van der Waals surface area contributed by atoms with Gasteiger partial charge in [0.05, 0.1) is 0 Å². The molecule has 0 aromatic carbocycles. The van der Waals surface area contributed by atoms with Gasteiger partial charge in [-0.25, -0.2) is 9.97 Å². The number of hydrogen-bond donors (Lipinski definition) is 2. The van der Waals surface area contributed by atoms with Crippen molar-refractivity contribution < 1.29 is 4.79 Å². The fourth-order valence-electron chi connectivity index (χ4n) is 1.12. The van der Waals surface area contributed by atoms with E-state index in [0.29, 0.717) is 11.7 Å². The first-order valence-electron chi connectivity index (χ1n) is 4.62. The van der Waals surface area contributed by atoms with E-state index in [9.17, 15) is 4.79 Å². The van der Waals surface area contributed by atoms with Crippen LogP contribution in [0.15, 0.2) is 12.3 Å². The monoisotopic (exact) mass is 192 g/mol. The molecule has 1 aliphatic carbocycles. The van der Waals surface area contributed by atoms with E-state index in [1.165, 1.54) is 19.0 Å². The van der Waals surface area contributed by atoms with Crippen molar-refractivity contribution in [2.24, 2.45) is 5.92 Å². The highest BCUT2D eigenvalue weighted by Crippen LogP contribution is 2.27. The Balaban J connectivity index is 1.95. The summed E-state index contributed by atoms with van der Waals surface area (Å²) < 4.78 is 0. The molecule has 1 saturated carbocycles. The molecule has 0 bridgehead atoms. The van der Waals surface area contributed by atoms with Gasteiger partial charge in [-0.15, -0.1) is 0 Å². The second kappa shape index (κ2) is 3.61. The number of anilines is 1. The third kappa shape index (κ3) is 2.18. The van der Waals surface area contributed by atoms with Crippen molar-refractivity contribution in [1.82, 2.24) is 15.3 Å². The lowest BCUT2D eigenvalue weighted by atomic mass is 10.4. The Morgan fingerprint density at radius 2 is 2.43 bits per heavy atom. The van der Waals surface area contributed by atoms with E-state index in [1.54, 1.807) is 6.07 Å². The van der Waals surface area contributed by atoms with E-state index in [1.807, 2.05) is 0 Å². The zero-order valence-corrected chi connectivity index (χ0v) is 7.73. The number of hydrogen-bond acceptors (Lipinski definition) is 4. The Morgan fingerprint density at radius 3 is 3.07 bits per heavy atom. The molecule has 1 fully saturated rings. The van der Waals surface area contributed by atoms with Gasteiger partial charge >= 0.3 is 0 Å². The third-order valence-electron chi connectivity index (χ3n) is 2.13. The minimum Gasteiger partial charge on any atom is -0.384 e. The molecule has 0 spiro atoms. The van der Waals surface area contributed by atoms with Crippen LogP contribution in [0.2, 0.25) is 0 Å². The van der Waals surface area contributed by atoms with E-state index in [-0.39, 0.29) is 11.7 Å². The predicted molar refractivity (Wildman–Crippen MR) is 51.5 cm³/mol. The van der Waals surface area contributed by atoms with E-state index in [2.05, 4.69) is 15.3 Å². The van der Waals surface area contributed by atoms with Gasteiger partial charge < -0.3 is 11.1 Å². The number of aromatic nitrogens is 2. The van der Waals surface area contributed by atoms with Gasteiger partial charge in [-0.05, 0) is 24.8 Å². The quantitative estimate of drug-likeness (QED) is 0.716. The van der Waals surface area contributed by atoms with Crippen LogP contribution in [0, 0.1) is 5.92 Å². The third-order valence-corrected chi connectivity index (χ3v) is 2.13. The Morgan fingerprint density at radius 1 is 1.64 bits per heavy atom. The second-order valence-electron chi connectivity index (χ2n) is 3.46. The number of rotatable bonds is 3. The molecule has 0 unspecified atom stereocenters. The largest absolute Gasteiger partial charge is 0.384 e. The highest BCUT2D eigenvalue weighted by molar-refractivity contribution is 5.90. The summed E-state index contributed by atoms with van der Waals surface area (Å²) in [5, 5.41) is 2.77. The summed E-state index contributed by atoms with van der Waals surface area (Å²) in [4.78, 5) is 19.1. The van der Waals surface area contributed by atoms with Gasteiger partial charge in [0, 0.05) is 12.7 Å². The molecule has 5 nitrogen and oxygen atoms in total. The first kappa shape index (κ1) is 8.93. The lowest BCUT2D eigenvalue weighted by Crippen LogP contribution is -2.27. The maximum atomic E-state index is 11.4. The fraction of sp³-hybridized carbons (Fsp3) is 0.444. The Labute approximate surface area is 81.7 Å². The highest BCUT2D eigenvalue weighted by Gasteiger charge is 2.22. The van der Waals surface area contributed by atoms with E-state index in [0.717, 1.165) is 6.54 Å². The summed E-state index contributed by atoms with van der Waals surface area (Å²) in [5.41, 5.74) is 5.43. The molecule has 1 heterocycles. The molecule has 3 N–H and O–H groups in total. The molecule has 1 amide bonds. The normalized spacial score (nSPS) is 15.1. The zero-order chi connectivity index (χ0) is 9.97. The first-order valence-corrected chi connectivity index (χ1v) is 4.62. The van der Waals surface area contributed by atoms with Crippen LogP contribution in [0.5, 0.6) is 0 Å². The summed E-state index contributed by atoms with van der Waals surface area (Å²) in [7, 11) is 0. The maximum Gasteiger partial charge on any atom is 0.289 e. The van der Waals surface area contributed by atoms with Crippen LogP contribution in [0.25, 0.3) is 0 Å². The number of carbonyl (C=O) groups is 1. The number of nitrogens with zero attached hydrogens (tertiary/aromatic N) is 2. The van der Waals surface area contributed by atoms with Crippen LogP contribution in [0.1, 0.15) is 23.5 Å². The van der Waals surface area contributed by atoms with Crippen LogP contribution in [-0.4, -0.2) is 22.4 Å². The molecule has 1 aromatic heterocycles. The lowest BCUT2D eigenvalue weighted by molar-refractivity contribution is 0.0941. The average Bonchev–Trinajstić information content (AvgIpc) is 2.97. The van der Waals surface area contributed by atoms with Crippen molar-refractivity contribution in [1.29, 1.82) is 0 Å². The molecule has 1 aromatic rings. The van der Waals surface area contributed by atoms with Crippen molar-refractivity contribution in [3.8, 4) is 0 Å². The Kier molecular flexibility index (Phi) is 2.30. The van der Waals surface area contributed by atoms with Gasteiger partial charge in [-0.1, -0.05) is 0 Å². The molecule has 0 radical (unpaired) electrons. The van der Waals surface area contributed by atoms with E-state index >= 15 is 0 Å². The summed E-state index contributed by atoms with van der Waals surface area (Å²) in [6, 6.07) is 1.55. The minimum absolute atomic E-state index is 0.144. The molecular formula is C9H12N4O. The molecule has 5 heteroatoms. The molecule has 1 aliphatic rings. The standard InChI is InChI=1S/C9H12N4O/c10-7-3-4-11-8(13-7)9(14)12-5-6-1-2-6/h3-4,6H,1-2,5H2,(H,12,14)(H2,10,11,13).